The molecule has 0 spiro atoms. The van der Waals surface area contributed by atoms with Crippen molar-refractivity contribution in [3.63, 3.8) is 0 Å². The van der Waals surface area contributed by atoms with Gasteiger partial charge in [-0.3, -0.25) is 18.7 Å². The maximum atomic E-state index is 13.3. The van der Waals surface area contributed by atoms with Crippen molar-refractivity contribution < 1.29 is 55.8 Å². The molecular formula is C104H128N2O12P2. The SMILES string of the molecule is CCOP(=O)(Cc1cc(OCCC(C)CCCC(C)C)c(CP(=O)(OCC)OCC)cc1OC)OCC.COc1cc(C=Cc2ccccc2)c(OCCC(C)CCCC(C)C)cc1C=Cc1ccc(N(c2ccc(C=Cc3ccccc3)cc2)c2ccc(C)c(C)c2)cc1.Cc1ccc(N(c2ccc(C=O)cc2)c2ccc(C=O)cc2)cc1C. The summed E-state index contributed by atoms with van der Waals surface area (Å²) in [4.78, 5) is 26.3. The Morgan fingerprint density at radius 3 is 0.992 bits per heavy atom. The monoisotopic (exact) mass is 1660 g/mol. The molecule has 0 aliphatic rings. The molecule has 0 aromatic heterocycles. The summed E-state index contributed by atoms with van der Waals surface area (Å²) >= 11 is 0. The highest BCUT2D eigenvalue weighted by molar-refractivity contribution is 7.53. The topological polar surface area (TPSA) is 149 Å². The Balaban J connectivity index is 0.000000246. The van der Waals surface area contributed by atoms with Gasteiger partial charge in [-0.15, -0.1) is 0 Å². The number of hydrogen-bond donors (Lipinski definition) is 0. The molecule has 14 nitrogen and oxygen atoms in total. The van der Waals surface area contributed by atoms with Crippen molar-refractivity contribution in [3.05, 3.63) is 296 Å². The average Bonchev–Trinajstić information content (AvgIpc) is 1.03. The van der Waals surface area contributed by atoms with Gasteiger partial charge in [0.15, 0.2) is 0 Å². The molecule has 10 aromatic rings. The number of benzene rings is 10. The summed E-state index contributed by atoms with van der Waals surface area (Å²) in [5.74, 6) is 5.30. The van der Waals surface area contributed by atoms with E-state index >= 15 is 0 Å². The van der Waals surface area contributed by atoms with E-state index in [1.54, 1.807) is 78.3 Å². The molecule has 16 heteroatoms. The lowest BCUT2D eigenvalue weighted by Crippen LogP contribution is -2.10. The summed E-state index contributed by atoms with van der Waals surface area (Å²) in [6, 6.07) is 74.0. The molecule has 0 saturated carbocycles. The van der Waals surface area contributed by atoms with Crippen molar-refractivity contribution >= 4 is 98.3 Å². The fourth-order valence-electron chi connectivity index (χ4n) is 13.8. The molecule has 0 aliphatic carbocycles. The highest BCUT2D eigenvalue weighted by Gasteiger charge is 2.31. The minimum Gasteiger partial charge on any atom is -0.496 e. The molecule has 0 N–H and O–H groups in total. The minimum absolute atomic E-state index is 0.0364. The van der Waals surface area contributed by atoms with Crippen molar-refractivity contribution in [2.24, 2.45) is 23.7 Å². The third-order valence-corrected chi connectivity index (χ3v) is 25.0. The molecule has 2 atom stereocenters. The van der Waals surface area contributed by atoms with Crippen molar-refractivity contribution in [2.45, 2.75) is 161 Å². The molecule has 0 bridgehead atoms. The predicted molar refractivity (Wildman–Crippen MR) is 503 cm³/mol. The molecule has 0 saturated heterocycles. The molecule has 0 radical (unpaired) electrons. The van der Waals surface area contributed by atoms with Crippen LogP contribution in [0.5, 0.6) is 23.0 Å². The molecule has 0 amide bonds. The Morgan fingerprint density at radius 1 is 0.325 bits per heavy atom. The molecule has 10 aromatic carbocycles. The van der Waals surface area contributed by atoms with Crippen molar-refractivity contribution in [1.29, 1.82) is 0 Å². The lowest BCUT2D eigenvalue weighted by Gasteiger charge is -2.26. The highest BCUT2D eigenvalue weighted by atomic mass is 31.2. The van der Waals surface area contributed by atoms with E-state index in [0.29, 0.717) is 64.7 Å². The Kier molecular flexibility index (Phi) is 39.4. The molecule has 120 heavy (non-hydrogen) atoms. The number of ether oxygens (including phenoxy) is 4. The number of nitrogens with zero attached hydrogens (tertiary/aromatic N) is 2. The first-order chi connectivity index (χ1) is 57.9. The third-order valence-electron chi connectivity index (χ3n) is 20.9. The number of methoxy groups -OCH3 is 2. The predicted octanol–water partition coefficient (Wildman–Crippen LogP) is 29.4. The standard InChI is InChI=1S/C55H59NO2.C27H50O8P2.C22H19NO2/c1-41(2)14-13-15-42(3)36-37-58-55-40-49(54(57-6)39-50(55)30-23-46-18-11-8-12-19-46)29-24-48-27-34-52(35-28-48)56(53-31-20-43(4)44(5)38-53)51-32-25-47(26-33-51)22-21-45-16-9-7-10-17-45;1-9-32-36(28,33-10-2)20-24-19-27(31-17-16-23(7)15-13-14-22(5)6)25(18-26(24)30-8)21-37(29,34-11-3)35-12-4;1-16-3-8-22(13-17(16)2)23(20-9-4-18(14-24)5-10-20)21-11-6-19(15-25)7-12-21/h7-12,16-35,38-42H,13-15,36-37H2,1-6H3;18-19,22-23H,9-17,20-21H2,1-8H3;3-15H,1-2H3. The van der Waals surface area contributed by atoms with E-state index in [4.69, 9.17) is 37.0 Å². The number of aldehydes is 2. The van der Waals surface area contributed by atoms with E-state index in [0.717, 1.165) is 111 Å². The molecule has 2 unspecified atom stereocenters. The van der Waals surface area contributed by atoms with Gasteiger partial charge < -0.3 is 46.8 Å². The van der Waals surface area contributed by atoms with Crippen LogP contribution in [-0.2, 0) is 39.5 Å². The largest absolute Gasteiger partial charge is 0.496 e. The molecule has 0 heterocycles. The van der Waals surface area contributed by atoms with Crippen molar-refractivity contribution in [1.82, 2.24) is 0 Å². The smallest absolute Gasteiger partial charge is 0.335 e. The fourth-order valence-corrected chi connectivity index (χ4v) is 17.2. The first-order valence-corrected chi connectivity index (χ1v) is 46.0. The lowest BCUT2D eigenvalue weighted by atomic mass is 9.97. The second kappa shape index (κ2) is 49.6. The second-order valence-electron chi connectivity index (χ2n) is 31.4. The molecule has 10 rings (SSSR count). The van der Waals surface area contributed by atoms with Gasteiger partial charge in [-0.25, -0.2) is 0 Å². The Labute approximate surface area is 717 Å². The van der Waals surface area contributed by atoms with Crippen LogP contribution >= 0.6 is 15.2 Å². The summed E-state index contributed by atoms with van der Waals surface area (Å²) in [6.07, 6.45) is 23.9. The van der Waals surface area contributed by atoms with E-state index in [-0.39, 0.29) is 38.8 Å². The number of hydrogen-bond acceptors (Lipinski definition) is 14. The number of rotatable bonds is 44. The van der Waals surface area contributed by atoms with Gasteiger partial charge >= 0.3 is 15.2 Å². The van der Waals surface area contributed by atoms with E-state index < -0.39 is 15.2 Å². The summed E-state index contributed by atoms with van der Waals surface area (Å²) in [5, 5.41) is 0. The summed E-state index contributed by atoms with van der Waals surface area (Å²) < 4.78 is 73.1. The molecular weight excluding hydrogens is 1530 g/mol. The molecule has 0 fully saturated rings. The molecule has 636 valence electrons. The number of anilines is 6. The zero-order valence-electron chi connectivity index (χ0n) is 73.7. The Hall–Kier alpha value is -10.1. The highest BCUT2D eigenvalue weighted by Crippen LogP contribution is 2.56. The van der Waals surface area contributed by atoms with Crippen LogP contribution in [-0.4, -0.2) is 66.4 Å². The van der Waals surface area contributed by atoms with E-state index in [9.17, 15) is 18.7 Å². The van der Waals surface area contributed by atoms with E-state index in [2.05, 4.69) is 261 Å². The Morgan fingerprint density at radius 2 is 0.642 bits per heavy atom. The normalized spacial score (nSPS) is 12.1. The van der Waals surface area contributed by atoms with Gasteiger partial charge in [-0.2, -0.15) is 0 Å². The van der Waals surface area contributed by atoms with Gasteiger partial charge in [-0.05, 0) is 258 Å². The number of aryl methyl sites for hydroxylation is 4. The van der Waals surface area contributed by atoms with Gasteiger partial charge in [0.25, 0.3) is 0 Å². The third kappa shape index (κ3) is 30.5. The van der Waals surface area contributed by atoms with Crippen LogP contribution in [0.25, 0.3) is 36.5 Å². The van der Waals surface area contributed by atoms with Gasteiger partial charge in [0.05, 0.1) is 66.2 Å². The summed E-state index contributed by atoms with van der Waals surface area (Å²) in [7, 11) is -3.50. The van der Waals surface area contributed by atoms with Crippen LogP contribution in [0.2, 0.25) is 0 Å². The summed E-state index contributed by atoms with van der Waals surface area (Å²) in [5.41, 5.74) is 20.4. The van der Waals surface area contributed by atoms with Gasteiger partial charge in [0.1, 0.15) is 35.6 Å². The second-order valence-corrected chi connectivity index (χ2v) is 35.5. The maximum Gasteiger partial charge on any atom is 0.335 e. The number of carbonyl (C=O) groups is 2. The first kappa shape index (κ1) is 95.3. The van der Waals surface area contributed by atoms with Crippen molar-refractivity contribution in [3.8, 4) is 23.0 Å². The zero-order valence-corrected chi connectivity index (χ0v) is 75.5. The van der Waals surface area contributed by atoms with E-state index in [1.165, 1.54) is 59.9 Å². The molecule has 0 aliphatic heterocycles. The van der Waals surface area contributed by atoms with Crippen LogP contribution in [0.4, 0.5) is 34.1 Å². The summed E-state index contributed by atoms with van der Waals surface area (Å²) in [6.45, 7) is 31.6. The van der Waals surface area contributed by atoms with Crippen LogP contribution < -0.4 is 28.7 Å². The van der Waals surface area contributed by atoms with E-state index in [1.807, 2.05) is 36.4 Å². The maximum absolute atomic E-state index is 13.3. The van der Waals surface area contributed by atoms with Crippen molar-refractivity contribution in [2.75, 3.05) is 63.7 Å². The van der Waals surface area contributed by atoms with Gasteiger partial charge in [0.2, 0.25) is 0 Å². The quantitative estimate of drug-likeness (QED) is 0.0202. The van der Waals surface area contributed by atoms with Crippen LogP contribution in [0.15, 0.2) is 218 Å². The minimum atomic E-state index is -3.39. The number of carbonyl (C=O) groups excluding carboxylic acids is 2. The lowest BCUT2D eigenvalue weighted by molar-refractivity contribution is 0.111. The Bertz CT molecular complexity index is 4900. The first-order valence-electron chi connectivity index (χ1n) is 42.6. The van der Waals surface area contributed by atoms with Gasteiger partial charge in [-0.1, -0.05) is 214 Å². The zero-order chi connectivity index (χ0) is 86.4. The average molecular weight is 1660 g/mol. The van der Waals surface area contributed by atoms with Gasteiger partial charge in [0, 0.05) is 67.5 Å². The van der Waals surface area contributed by atoms with Crippen LogP contribution in [0, 0.1) is 51.4 Å². The fraction of sp³-hybridized carbons (Fsp3) is 0.346. The van der Waals surface area contributed by atoms with Crippen LogP contribution in [0.1, 0.15) is 208 Å². The van der Waals surface area contributed by atoms with Crippen LogP contribution in [0.3, 0.4) is 0 Å².